The van der Waals surface area contributed by atoms with Crippen LogP contribution >= 0.6 is 11.6 Å². The first kappa shape index (κ1) is 16.4. The number of H-pyrrole nitrogens is 1. The summed E-state index contributed by atoms with van der Waals surface area (Å²) in [5, 5.41) is 0.598. The zero-order valence-electron chi connectivity index (χ0n) is 13.5. The summed E-state index contributed by atoms with van der Waals surface area (Å²) < 4.78 is 5.88. The van der Waals surface area contributed by atoms with Crippen molar-refractivity contribution in [3.8, 4) is 0 Å². The van der Waals surface area contributed by atoms with E-state index in [4.69, 9.17) is 16.3 Å². The molecular weight excluding hydrogens is 312 g/mol. The van der Waals surface area contributed by atoms with Crippen LogP contribution in [-0.2, 0) is 17.7 Å². The average Bonchev–Trinajstić information content (AvgIpc) is 2.94. The Morgan fingerprint density at radius 2 is 2.39 bits per heavy atom. The van der Waals surface area contributed by atoms with Gasteiger partial charge in [0, 0.05) is 44.0 Å². The molecule has 5 nitrogen and oxygen atoms in total. The summed E-state index contributed by atoms with van der Waals surface area (Å²) in [5.74, 6) is 0.990. The number of aryl methyl sites for hydroxylation is 1. The van der Waals surface area contributed by atoms with Gasteiger partial charge in [0.25, 0.3) is 0 Å². The number of aromatic nitrogens is 3. The van der Waals surface area contributed by atoms with Crippen molar-refractivity contribution in [2.24, 2.45) is 0 Å². The van der Waals surface area contributed by atoms with Crippen molar-refractivity contribution in [1.29, 1.82) is 0 Å². The Morgan fingerprint density at radius 3 is 3.17 bits per heavy atom. The first-order valence-corrected chi connectivity index (χ1v) is 8.61. The molecule has 1 aliphatic rings. The second kappa shape index (κ2) is 7.90. The van der Waals surface area contributed by atoms with Crippen LogP contribution in [0.2, 0.25) is 5.15 Å². The molecular formula is C17H23ClN4O. The van der Waals surface area contributed by atoms with E-state index in [1.165, 1.54) is 0 Å². The Labute approximate surface area is 142 Å². The van der Waals surface area contributed by atoms with Gasteiger partial charge >= 0.3 is 0 Å². The lowest BCUT2D eigenvalue weighted by Crippen LogP contribution is -2.38. The molecule has 0 aliphatic carbocycles. The van der Waals surface area contributed by atoms with E-state index in [1.54, 1.807) is 6.20 Å². The molecule has 0 radical (unpaired) electrons. The fourth-order valence-electron chi connectivity index (χ4n) is 2.84. The minimum absolute atomic E-state index is 0.0682. The maximum absolute atomic E-state index is 6.29. The molecule has 0 aromatic carbocycles. The third-order valence-electron chi connectivity index (χ3n) is 4.13. The third kappa shape index (κ3) is 4.31. The molecule has 3 heterocycles. The first-order valence-electron chi connectivity index (χ1n) is 8.23. The number of nitrogens with one attached hydrogen (secondary N) is 1. The summed E-state index contributed by atoms with van der Waals surface area (Å²) >= 11 is 6.29. The molecule has 3 rings (SSSR count). The maximum Gasteiger partial charge on any atom is 0.151 e. The largest absolute Gasteiger partial charge is 0.371 e. The predicted molar refractivity (Wildman–Crippen MR) is 90.4 cm³/mol. The maximum atomic E-state index is 6.29. The van der Waals surface area contributed by atoms with Crippen molar-refractivity contribution in [3.63, 3.8) is 0 Å². The topological polar surface area (TPSA) is 54.0 Å². The number of hydrogen-bond acceptors (Lipinski definition) is 4. The fourth-order valence-corrected chi connectivity index (χ4v) is 3.05. The van der Waals surface area contributed by atoms with Crippen LogP contribution in [0.3, 0.4) is 0 Å². The lowest BCUT2D eigenvalue weighted by Gasteiger charge is -2.32. The van der Waals surface area contributed by atoms with Crippen molar-refractivity contribution < 1.29 is 4.74 Å². The zero-order chi connectivity index (χ0) is 16.1. The van der Waals surface area contributed by atoms with Gasteiger partial charge in [0.15, 0.2) is 5.15 Å². The Balaban J connectivity index is 1.62. The Kier molecular flexibility index (Phi) is 5.65. The minimum atomic E-state index is 0.0682. The van der Waals surface area contributed by atoms with Gasteiger partial charge in [-0.05, 0) is 12.5 Å². The van der Waals surface area contributed by atoms with Crippen molar-refractivity contribution in [3.05, 3.63) is 46.8 Å². The Morgan fingerprint density at radius 1 is 1.48 bits per heavy atom. The highest BCUT2D eigenvalue weighted by Gasteiger charge is 2.23. The Hall–Kier alpha value is -1.43. The molecule has 1 N–H and O–H groups in total. The van der Waals surface area contributed by atoms with E-state index < -0.39 is 0 Å². The molecule has 2 aromatic rings. The number of ether oxygens (including phenoxy) is 1. The zero-order valence-corrected chi connectivity index (χ0v) is 14.2. The molecule has 124 valence electrons. The molecule has 0 spiro atoms. The number of hydrogen-bond donors (Lipinski definition) is 1. The molecule has 1 atom stereocenters. The van der Waals surface area contributed by atoms with E-state index >= 15 is 0 Å². The van der Waals surface area contributed by atoms with Gasteiger partial charge in [-0.3, -0.25) is 9.88 Å². The van der Waals surface area contributed by atoms with E-state index in [0.29, 0.717) is 11.8 Å². The van der Waals surface area contributed by atoms with Crippen LogP contribution in [0.15, 0.2) is 24.5 Å². The van der Waals surface area contributed by atoms with Crippen LogP contribution in [0.5, 0.6) is 0 Å². The first-order chi connectivity index (χ1) is 11.3. The highest BCUT2D eigenvalue weighted by atomic mass is 35.5. The van der Waals surface area contributed by atoms with Gasteiger partial charge in [-0.15, -0.1) is 0 Å². The van der Waals surface area contributed by atoms with Gasteiger partial charge < -0.3 is 9.72 Å². The van der Waals surface area contributed by atoms with Gasteiger partial charge in [-0.1, -0.05) is 31.0 Å². The number of rotatable bonds is 6. The van der Waals surface area contributed by atoms with Crippen LogP contribution in [0.4, 0.5) is 0 Å². The normalized spacial score (nSPS) is 19.1. The van der Waals surface area contributed by atoms with E-state index in [-0.39, 0.29) is 6.10 Å². The molecule has 0 amide bonds. The second-order valence-electron chi connectivity index (χ2n) is 5.94. The van der Waals surface area contributed by atoms with E-state index in [2.05, 4.69) is 32.8 Å². The highest BCUT2D eigenvalue weighted by molar-refractivity contribution is 6.30. The predicted octanol–water partition coefficient (Wildman–Crippen LogP) is 3.37. The number of imidazole rings is 1. The summed E-state index contributed by atoms with van der Waals surface area (Å²) in [6, 6.07) is 4.01. The number of morpholine rings is 1. The lowest BCUT2D eigenvalue weighted by atomic mass is 10.1. The van der Waals surface area contributed by atoms with Gasteiger partial charge in [-0.2, -0.15) is 0 Å². The molecule has 0 unspecified atom stereocenters. The fraction of sp³-hybridized carbons (Fsp3) is 0.529. The van der Waals surface area contributed by atoms with Crippen molar-refractivity contribution in [1.82, 2.24) is 19.9 Å². The number of aromatic amines is 1. The molecule has 1 saturated heterocycles. The van der Waals surface area contributed by atoms with Gasteiger partial charge in [0.2, 0.25) is 0 Å². The average molecular weight is 335 g/mol. The van der Waals surface area contributed by atoms with Gasteiger partial charge in [0.05, 0.1) is 18.4 Å². The van der Waals surface area contributed by atoms with Crippen molar-refractivity contribution in [2.45, 2.75) is 38.8 Å². The molecule has 0 bridgehead atoms. The van der Waals surface area contributed by atoms with Crippen molar-refractivity contribution in [2.75, 3.05) is 19.7 Å². The summed E-state index contributed by atoms with van der Waals surface area (Å²) in [6.07, 6.45) is 6.97. The van der Waals surface area contributed by atoms with Crippen LogP contribution in [0, 0.1) is 0 Å². The highest BCUT2D eigenvalue weighted by Crippen LogP contribution is 2.24. The summed E-state index contributed by atoms with van der Waals surface area (Å²) in [5.41, 5.74) is 2.13. The molecule has 1 aliphatic heterocycles. The number of unbranched alkanes of at least 4 members (excludes halogenated alkanes) is 1. The standard InChI is InChI=1S/C17H23ClN4O/c1-2-3-6-16-20-14(17(18)21-16)11-22-8-9-23-15(12-22)13-5-4-7-19-10-13/h4-5,7,10,15H,2-3,6,8-9,11-12H2,1H3,(H,20,21)/t15-/m0/s1. The summed E-state index contributed by atoms with van der Waals surface area (Å²) in [4.78, 5) is 14.3. The third-order valence-corrected chi connectivity index (χ3v) is 4.45. The molecule has 6 heteroatoms. The number of pyridine rings is 1. The minimum Gasteiger partial charge on any atom is -0.371 e. The van der Waals surface area contributed by atoms with Crippen LogP contribution in [0.1, 0.15) is 43.0 Å². The molecule has 1 fully saturated rings. The van der Waals surface area contributed by atoms with E-state index in [1.807, 2.05) is 12.3 Å². The van der Waals surface area contributed by atoms with Gasteiger partial charge in [0.1, 0.15) is 5.82 Å². The smallest absolute Gasteiger partial charge is 0.151 e. The molecule has 2 aromatic heterocycles. The summed E-state index contributed by atoms with van der Waals surface area (Å²) in [6.45, 7) is 5.41. The van der Waals surface area contributed by atoms with Crippen LogP contribution < -0.4 is 0 Å². The van der Waals surface area contributed by atoms with Gasteiger partial charge in [-0.25, -0.2) is 4.98 Å². The molecule has 23 heavy (non-hydrogen) atoms. The van der Waals surface area contributed by atoms with Crippen LogP contribution in [0.25, 0.3) is 0 Å². The van der Waals surface area contributed by atoms with E-state index in [9.17, 15) is 0 Å². The molecule has 0 saturated carbocycles. The number of nitrogens with zero attached hydrogens (tertiary/aromatic N) is 3. The van der Waals surface area contributed by atoms with E-state index in [0.717, 1.165) is 56.0 Å². The SMILES string of the molecule is CCCCc1nc(Cl)c(CN2CCO[C@H](c3cccnc3)C2)[nH]1. The second-order valence-corrected chi connectivity index (χ2v) is 6.30. The quantitative estimate of drug-likeness (QED) is 0.880. The monoisotopic (exact) mass is 334 g/mol. The number of halogens is 1. The summed E-state index contributed by atoms with van der Waals surface area (Å²) in [7, 11) is 0. The van der Waals surface area contributed by atoms with Crippen molar-refractivity contribution >= 4 is 11.6 Å². The lowest BCUT2D eigenvalue weighted by molar-refractivity contribution is -0.0334. The van der Waals surface area contributed by atoms with Crippen LogP contribution in [-0.4, -0.2) is 39.5 Å². The Bertz CT molecular complexity index is 616.